The van der Waals surface area contributed by atoms with E-state index in [0.29, 0.717) is 6.42 Å². The summed E-state index contributed by atoms with van der Waals surface area (Å²) in [4.78, 5) is 21.6. The van der Waals surface area contributed by atoms with E-state index in [1.165, 1.54) is 5.69 Å². The van der Waals surface area contributed by atoms with Gasteiger partial charge in [-0.1, -0.05) is 48.5 Å². The van der Waals surface area contributed by atoms with E-state index in [0.717, 1.165) is 42.4 Å². The summed E-state index contributed by atoms with van der Waals surface area (Å²) in [5.41, 5.74) is 3.20. The van der Waals surface area contributed by atoms with E-state index in [-0.39, 0.29) is 5.91 Å². The minimum absolute atomic E-state index is 0.169. The lowest BCUT2D eigenvalue weighted by Gasteiger charge is -2.36. The molecule has 1 fully saturated rings. The number of rotatable bonds is 4. The van der Waals surface area contributed by atoms with Crippen molar-refractivity contribution in [3.63, 3.8) is 0 Å². The topological polar surface area (TPSA) is 36.4 Å². The molecule has 2 heterocycles. The SMILES string of the molecule is O=C(Cc1csc(-c2ccccc2)n1)N1CCN(c2ccccc2)CC1. The summed E-state index contributed by atoms with van der Waals surface area (Å²) in [5, 5.41) is 2.97. The zero-order chi connectivity index (χ0) is 17.8. The van der Waals surface area contributed by atoms with Crippen molar-refractivity contribution in [2.45, 2.75) is 6.42 Å². The van der Waals surface area contributed by atoms with Crippen molar-refractivity contribution in [3.05, 3.63) is 71.7 Å². The first-order valence-corrected chi connectivity index (χ1v) is 9.75. The maximum absolute atomic E-state index is 12.6. The predicted molar refractivity (Wildman–Crippen MR) is 106 cm³/mol. The summed E-state index contributed by atoms with van der Waals surface area (Å²) in [6.45, 7) is 3.29. The molecule has 26 heavy (non-hydrogen) atoms. The number of thiazole rings is 1. The number of benzene rings is 2. The van der Waals surface area contributed by atoms with Crippen LogP contribution in [0, 0.1) is 0 Å². The van der Waals surface area contributed by atoms with Crippen LogP contribution in [0.1, 0.15) is 5.69 Å². The van der Waals surface area contributed by atoms with Crippen molar-refractivity contribution in [1.82, 2.24) is 9.88 Å². The van der Waals surface area contributed by atoms with Gasteiger partial charge < -0.3 is 9.80 Å². The maximum atomic E-state index is 12.6. The molecule has 4 nitrogen and oxygen atoms in total. The third-order valence-corrected chi connectivity index (χ3v) is 5.60. The number of aromatic nitrogens is 1. The number of amides is 1. The summed E-state index contributed by atoms with van der Waals surface area (Å²) >= 11 is 1.60. The van der Waals surface area contributed by atoms with Gasteiger partial charge in [0.15, 0.2) is 0 Å². The fourth-order valence-electron chi connectivity index (χ4n) is 3.22. The molecule has 0 N–H and O–H groups in total. The Labute approximate surface area is 157 Å². The number of para-hydroxylation sites is 1. The van der Waals surface area contributed by atoms with Gasteiger partial charge in [0.2, 0.25) is 5.91 Å². The number of carbonyl (C=O) groups excluding carboxylic acids is 1. The lowest BCUT2D eigenvalue weighted by molar-refractivity contribution is -0.130. The largest absolute Gasteiger partial charge is 0.368 e. The number of nitrogens with zero attached hydrogens (tertiary/aromatic N) is 3. The average molecular weight is 363 g/mol. The van der Waals surface area contributed by atoms with E-state index < -0.39 is 0 Å². The number of carbonyl (C=O) groups is 1. The van der Waals surface area contributed by atoms with E-state index in [2.05, 4.69) is 34.1 Å². The molecular weight excluding hydrogens is 342 g/mol. The van der Waals surface area contributed by atoms with Crippen molar-refractivity contribution >= 4 is 22.9 Å². The third-order valence-electron chi connectivity index (χ3n) is 4.66. The van der Waals surface area contributed by atoms with E-state index in [9.17, 15) is 4.79 Å². The van der Waals surface area contributed by atoms with Crippen LogP contribution >= 0.6 is 11.3 Å². The first kappa shape index (κ1) is 16.8. The minimum atomic E-state index is 0.169. The standard InChI is InChI=1S/C21H21N3OS/c25-20(15-18-16-26-21(22-18)17-7-3-1-4-8-17)24-13-11-23(12-14-24)19-9-5-2-6-10-19/h1-10,16H,11-15H2. The van der Waals surface area contributed by atoms with E-state index in [4.69, 9.17) is 0 Å². The van der Waals surface area contributed by atoms with Gasteiger partial charge in [0.05, 0.1) is 12.1 Å². The normalized spacial score (nSPS) is 14.5. The molecule has 0 aliphatic carbocycles. The van der Waals surface area contributed by atoms with Gasteiger partial charge in [-0.25, -0.2) is 4.98 Å². The Morgan fingerprint density at radius 1 is 0.923 bits per heavy atom. The molecule has 1 aliphatic rings. The Kier molecular flexibility index (Phi) is 4.97. The summed E-state index contributed by atoms with van der Waals surface area (Å²) in [5.74, 6) is 0.169. The van der Waals surface area contributed by atoms with Crippen LogP contribution in [0.25, 0.3) is 10.6 Å². The molecule has 0 saturated carbocycles. The molecule has 5 heteroatoms. The number of hydrogen-bond acceptors (Lipinski definition) is 4. The van der Waals surface area contributed by atoms with Gasteiger partial charge in [0.25, 0.3) is 0 Å². The molecule has 3 aromatic rings. The molecular formula is C21H21N3OS. The molecule has 1 aliphatic heterocycles. The van der Waals surface area contributed by atoms with Gasteiger partial charge in [-0.3, -0.25) is 4.79 Å². The average Bonchev–Trinajstić information content (AvgIpc) is 3.18. The molecule has 2 aromatic carbocycles. The fourth-order valence-corrected chi connectivity index (χ4v) is 4.05. The monoisotopic (exact) mass is 363 g/mol. The minimum Gasteiger partial charge on any atom is -0.368 e. The van der Waals surface area contributed by atoms with Crippen LogP contribution in [-0.4, -0.2) is 42.0 Å². The second kappa shape index (κ2) is 7.70. The summed E-state index contributed by atoms with van der Waals surface area (Å²) in [7, 11) is 0. The van der Waals surface area contributed by atoms with Gasteiger partial charge in [0, 0.05) is 42.8 Å². The van der Waals surface area contributed by atoms with Crippen LogP contribution in [0.3, 0.4) is 0 Å². The highest BCUT2D eigenvalue weighted by molar-refractivity contribution is 7.13. The molecule has 0 radical (unpaired) electrons. The van der Waals surface area contributed by atoms with Gasteiger partial charge in [-0.15, -0.1) is 11.3 Å². The molecule has 0 bridgehead atoms. The summed E-state index contributed by atoms with van der Waals surface area (Å²) in [6, 6.07) is 20.5. The Morgan fingerprint density at radius 3 is 2.27 bits per heavy atom. The van der Waals surface area contributed by atoms with Crippen LogP contribution in [0.5, 0.6) is 0 Å². The van der Waals surface area contributed by atoms with Gasteiger partial charge in [0.1, 0.15) is 5.01 Å². The van der Waals surface area contributed by atoms with Gasteiger partial charge >= 0.3 is 0 Å². The Morgan fingerprint density at radius 2 is 1.58 bits per heavy atom. The van der Waals surface area contributed by atoms with Crippen LogP contribution < -0.4 is 4.90 Å². The predicted octanol–water partition coefficient (Wildman–Crippen LogP) is 3.70. The zero-order valence-corrected chi connectivity index (χ0v) is 15.4. The Hall–Kier alpha value is -2.66. The number of anilines is 1. The van der Waals surface area contributed by atoms with Crippen molar-refractivity contribution in [1.29, 1.82) is 0 Å². The van der Waals surface area contributed by atoms with Gasteiger partial charge in [-0.2, -0.15) is 0 Å². The lowest BCUT2D eigenvalue weighted by atomic mass is 10.2. The Balaban J connectivity index is 1.34. The van der Waals surface area contributed by atoms with Crippen molar-refractivity contribution in [2.24, 2.45) is 0 Å². The van der Waals surface area contributed by atoms with Crippen LogP contribution in [0.2, 0.25) is 0 Å². The zero-order valence-electron chi connectivity index (χ0n) is 14.5. The highest BCUT2D eigenvalue weighted by Gasteiger charge is 2.22. The van der Waals surface area contributed by atoms with E-state index in [1.807, 2.05) is 46.7 Å². The van der Waals surface area contributed by atoms with Crippen molar-refractivity contribution < 1.29 is 4.79 Å². The smallest absolute Gasteiger partial charge is 0.228 e. The lowest BCUT2D eigenvalue weighted by Crippen LogP contribution is -2.49. The molecule has 1 aromatic heterocycles. The first-order chi connectivity index (χ1) is 12.8. The van der Waals surface area contributed by atoms with Crippen LogP contribution in [0.15, 0.2) is 66.0 Å². The molecule has 132 valence electrons. The second-order valence-corrected chi connectivity index (χ2v) is 7.25. The van der Waals surface area contributed by atoms with E-state index >= 15 is 0 Å². The molecule has 0 atom stereocenters. The quantitative estimate of drug-likeness (QED) is 0.709. The Bertz CT molecular complexity index is 855. The maximum Gasteiger partial charge on any atom is 0.228 e. The highest BCUT2D eigenvalue weighted by Crippen LogP contribution is 2.24. The molecule has 1 amide bonds. The molecule has 1 saturated heterocycles. The van der Waals surface area contributed by atoms with E-state index in [1.54, 1.807) is 11.3 Å². The third kappa shape index (κ3) is 3.78. The number of piperazine rings is 1. The molecule has 0 unspecified atom stereocenters. The van der Waals surface area contributed by atoms with Gasteiger partial charge in [-0.05, 0) is 12.1 Å². The molecule has 4 rings (SSSR count). The fraction of sp³-hybridized carbons (Fsp3) is 0.238. The second-order valence-electron chi connectivity index (χ2n) is 6.39. The van der Waals surface area contributed by atoms with Crippen LogP contribution in [0.4, 0.5) is 5.69 Å². The summed E-state index contributed by atoms with van der Waals surface area (Å²) in [6.07, 6.45) is 0.384. The van der Waals surface area contributed by atoms with Crippen molar-refractivity contribution in [2.75, 3.05) is 31.1 Å². The summed E-state index contributed by atoms with van der Waals surface area (Å²) < 4.78 is 0. The molecule has 0 spiro atoms. The highest BCUT2D eigenvalue weighted by atomic mass is 32.1. The number of hydrogen-bond donors (Lipinski definition) is 0. The van der Waals surface area contributed by atoms with Crippen molar-refractivity contribution in [3.8, 4) is 10.6 Å². The van der Waals surface area contributed by atoms with Crippen LogP contribution in [-0.2, 0) is 11.2 Å². The first-order valence-electron chi connectivity index (χ1n) is 8.87.